The average molecular weight is 290 g/mol. The van der Waals surface area contributed by atoms with Crippen LogP contribution in [0.1, 0.15) is 16.7 Å². The number of halogens is 1. The lowest BCUT2D eigenvalue weighted by molar-refractivity contribution is 0.318. The fraction of sp³-hybridized carbons (Fsp3) is 0.133. The lowest BCUT2D eigenvalue weighted by Gasteiger charge is -2.11. The van der Waals surface area contributed by atoms with Crippen molar-refractivity contribution < 1.29 is 9.60 Å². The van der Waals surface area contributed by atoms with Crippen LogP contribution < -0.4 is 5.73 Å². The number of rotatable bonds is 3. The zero-order chi connectivity index (χ0) is 14.7. The van der Waals surface area contributed by atoms with E-state index in [0.29, 0.717) is 4.90 Å². The minimum atomic E-state index is -0.505. The number of amidine groups is 1. The highest BCUT2D eigenvalue weighted by Gasteiger charge is 2.14. The summed E-state index contributed by atoms with van der Waals surface area (Å²) in [6, 6.07) is 10.7. The van der Waals surface area contributed by atoms with Crippen LogP contribution in [0.3, 0.4) is 0 Å². The zero-order valence-electron chi connectivity index (χ0n) is 11.2. The van der Waals surface area contributed by atoms with Gasteiger partial charge in [-0.15, -0.1) is 0 Å². The molecule has 0 aliphatic rings. The van der Waals surface area contributed by atoms with Gasteiger partial charge in [-0.3, -0.25) is 0 Å². The summed E-state index contributed by atoms with van der Waals surface area (Å²) >= 11 is 1.40. The molecule has 0 atom stereocenters. The van der Waals surface area contributed by atoms with Crippen molar-refractivity contribution in [2.24, 2.45) is 10.9 Å². The minimum Gasteiger partial charge on any atom is -0.409 e. The van der Waals surface area contributed by atoms with Crippen LogP contribution in [0.25, 0.3) is 0 Å². The normalized spacial score (nSPS) is 11.7. The molecule has 0 saturated carbocycles. The smallest absolute Gasteiger partial charge is 0.174 e. The average Bonchev–Trinajstić information content (AvgIpc) is 2.41. The highest BCUT2D eigenvalue weighted by atomic mass is 32.2. The summed E-state index contributed by atoms with van der Waals surface area (Å²) in [5, 5.41) is 11.7. The first-order valence-corrected chi connectivity index (χ1v) is 6.86. The summed E-state index contributed by atoms with van der Waals surface area (Å²) in [6.07, 6.45) is 0. The molecule has 2 aromatic carbocycles. The highest BCUT2D eigenvalue weighted by Crippen LogP contribution is 2.33. The Bertz CT molecular complexity index is 671. The van der Waals surface area contributed by atoms with E-state index in [-0.39, 0.29) is 11.4 Å². The number of benzene rings is 2. The lowest BCUT2D eigenvalue weighted by atomic mass is 10.2. The quantitative estimate of drug-likeness (QED) is 0.392. The second kappa shape index (κ2) is 5.96. The molecule has 0 radical (unpaired) electrons. The molecule has 5 heteroatoms. The molecule has 0 aromatic heterocycles. The number of hydrogen-bond donors (Lipinski definition) is 2. The molecule has 0 fully saturated rings. The molecular weight excluding hydrogens is 275 g/mol. The first kappa shape index (κ1) is 14.4. The highest BCUT2D eigenvalue weighted by molar-refractivity contribution is 7.99. The van der Waals surface area contributed by atoms with Gasteiger partial charge in [0.15, 0.2) is 5.84 Å². The van der Waals surface area contributed by atoms with E-state index in [1.165, 1.54) is 23.4 Å². The van der Waals surface area contributed by atoms with Gasteiger partial charge in [-0.2, -0.15) is 0 Å². The first-order valence-electron chi connectivity index (χ1n) is 6.04. The predicted molar refractivity (Wildman–Crippen MR) is 78.9 cm³/mol. The van der Waals surface area contributed by atoms with E-state index in [4.69, 9.17) is 10.9 Å². The number of nitrogens with two attached hydrogens (primary N) is 1. The molecule has 0 heterocycles. The van der Waals surface area contributed by atoms with Gasteiger partial charge >= 0.3 is 0 Å². The molecule has 0 aliphatic heterocycles. The Balaban J connectivity index is 2.46. The van der Waals surface area contributed by atoms with Crippen molar-refractivity contribution in [3.8, 4) is 0 Å². The molecule has 0 spiro atoms. The molecule has 0 aliphatic carbocycles. The maximum Gasteiger partial charge on any atom is 0.174 e. The number of aryl methyl sites for hydroxylation is 2. The molecule has 0 bridgehead atoms. The second-order valence-corrected chi connectivity index (χ2v) is 5.55. The van der Waals surface area contributed by atoms with Crippen LogP contribution in [-0.4, -0.2) is 11.0 Å². The van der Waals surface area contributed by atoms with Gasteiger partial charge in [0.2, 0.25) is 0 Å². The Morgan fingerprint density at radius 1 is 1.20 bits per heavy atom. The fourth-order valence-electron chi connectivity index (χ4n) is 1.92. The van der Waals surface area contributed by atoms with Crippen LogP contribution in [0, 0.1) is 19.7 Å². The molecule has 104 valence electrons. The number of hydrogen-bond acceptors (Lipinski definition) is 3. The van der Waals surface area contributed by atoms with Crippen LogP contribution in [0.15, 0.2) is 51.3 Å². The van der Waals surface area contributed by atoms with Crippen LogP contribution in [0.5, 0.6) is 0 Å². The van der Waals surface area contributed by atoms with E-state index in [9.17, 15) is 4.39 Å². The fourth-order valence-corrected chi connectivity index (χ4v) is 2.96. The summed E-state index contributed by atoms with van der Waals surface area (Å²) in [7, 11) is 0. The number of nitrogens with zero attached hydrogens (tertiary/aromatic N) is 1. The molecule has 3 N–H and O–H groups in total. The maximum absolute atomic E-state index is 13.9. The molecule has 3 nitrogen and oxygen atoms in total. The SMILES string of the molecule is Cc1ccc(Sc2cccc(F)c2C(N)=NO)c(C)c1. The number of oxime groups is 1. The third-order valence-corrected chi connectivity index (χ3v) is 4.13. The zero-order valence-corrected chi connectivity index (χ0v) is 12.0. The Morgan fingerprint density at radius 2 is 1.95 bits per heavy atom. The van der Waals surface area contributed by atoms with Crippen LogP contribution in [0.2, 0.25) is 0 Å². The van der Waals surface area contributed by atoms with Crippen LogP contribution in [-0.2, 0) is 0 Å². The molecular formula is C15H15FN2OS. The molecule has 0 saturated heterocycles. The molecule has 0 unspecified atom stereocenters. The molecule has 2 aromatic rings. The maximum atomic E-state index is 13.9. The summed E-state index contributed by atoms with van der Waals surface area (Å²) in [5.41, 5.74) is 7.95. The molecule has 0 amide bonds. The van der Waals surface area contributed by atoms with Gasteiger partial charge in [0.1, 0.15) is 5.82 Å². The minimum absolute atomic E-state index is 0.125. The van der Waals surface area contributed by atoms with Gasteiger partial charge < -0.3 is 10.9 Å². The van der Waals surface area contributed by atoms with E-state index in [1.807, 2.05) is 26.0 Å². The summed E-state index contributed by atoms with van der Waals surface area (Å²) < 4.78 is 13.9. The van der Waals surface area contributed by atoms with Gasteiger partial charge in [0, 0.05) is 9.79 Å². The largest absolute Gasteiger partial charge is 0.409 e. The van der Waals surface area contributed by atoms with Crippen molar-refractivity contribution in [2.75, 3.05) is 0 Å². The van der Waals surface area contributed by atoms with Gasteiger partial charge in [0.25, 0.3) is 0 Å². The molecule has 20 heavy (non-hydrogen) atoms. The Kier molecular flexibility index (Phi) is 4.29. The van der Waals surface area contributed by atoms with Crippen molar-refractivity contribution in [1.29, 1.82) is 0 Å². The monoisotopic (exact) mass is 290 g/mol. The van der Waals surface area contributed by atoms with E-state index in [1.54, 1.807) is 12.1 Å². The second-order valence-electron chi connectivity index (χ2n) is 4.47. The van der Waals surface area contributed by atoms with E-state index in [2.05, 4.69) is 11.2 Å². The van der Waals surface area contributed by atoms with Crippen LogP contribution >= 0.6 is 11.8 Å². The van der Waals surface area contributed by atoms with E-state index in [0.717, 1.165) is 10.5 Å². The van der Waals surface area contributed by atoms with Crippen molar-refractivity contribution in [2.45, 2.75) is 23.6 Å². The Morgan fingerprint density at radius 3 is 2.60 bits per heavy atom. The molecule has 2 rings (SSSR count). The van der Waals surface area contributed by atoms with Gasteiger partial charge in [0.05, 0.1) is 5.56 Å². The van der Waals surface area contributed by atoms with Crippen LogP contribution in [0.4, 0.5) is 4.39 Å². The van der Waals surface area contributed by atoms with Crippen molar-refractivity contribution in [1.82, 2.24) is 0 Å². The third kappa shape index (κ3) is 2.93. The predicted octanol–water partition coefficient (Wildman–Crippen LogP) is 3.69. The van der Waals surface area contributed by atoms with Crippen molar-refractivity contribution in [3.63, 3.8) is 0 Å². The van der Waals surface area contributed by atoms with E-state index >= 15 is 0 Å². The Labute approximate surface area is 121 Å². The van der Waals surface area contributed by atoms with Crippen molar-refractivity contribution in [3.05, 3.63) is 58.9 Å². The van der Waals surface area contributed by atoms with E-state index < -0.39 is 5.82 Å². The van der Waals surface area contributed by atoms with Gasteiger partial charge in [-0.05, 0) is 37.6 Å². The Hall–Kier alpha value is -2.01. The first-order chi connectivity index (χ1) is 9.52. The summed E-state index contributed by atoms with van der Waals surface area (Å²) in [6.45, 7) is 4.02. The third-order valence-electron chi connectivity index (χ3n) is 2.89. The summed E-state index contributed by atoms with van der Waals surface area (Å²) in [5.74, 6) is -0.731. The lowest BCUT2D eigenvalue weighted by Crippen LogP contribution is -2.16. The standard InChI is InChI=1S/C15H15FN2OS/c1-9-6-7-12(10(2)8-9)20-13-5-3-4-11(16)14(13)15(17)18-19/h3-8,19H,1-2H3,(H2,17,18). The topological polar surface area (TPSA) is 58.6 Å². The van der Waals surface area contributed by atoms with Gasteiger partial charge in [-0.25, -0.2) is 4.39 Å². The van der Waals surface area contributed by atoms with Gasteiger partial charge in [-0.1, -0.05) is 40.7 Å². The van der Waals surface area contributed by atoms with Crippen molar-refractivity contribution >= 4 is 17.6 Å². The summed E-state index contributed by atoms with van der Waals surface area (Å²) in [4.78, 5) is 1.63.